The van der Waals surface area contributed by atoms with Crippen molar-refractivity contribution in [3.8, 4) is 0 Å². The van der Waals surface area contributed by atoms with Gasteiger partial charge in [0.2, 0.25) is 0 Å². The van der Waals surface area contributed by atoms with Gasteiger partial charge in [0.25, 0.3) is 0 Å². The fourth-order valence-corrected chi connectivity index (χ4v) is 2.87. The van der Waals surface area contributed by atoms with E-state index in [-0.39, 0.29) is 16.5 Å². The molecule has 1 aromatic rings. The van der Waals surface area contributed by atoms with Crippen molar-refractivity contribution in [3.63, 3.8) is 0 Å². The first-order valence-corrected chi connectivity index (χ1v) is 6.71. The van der Waals surface area contributed by atoms with Crippen LogP contribution in [0.3, 0.4) is 0 Å². The summed E-state index contributed by atoms with van der Waals surface area (Å²) in [5, 5.41) is 3.30. The zero-order valence-electron chi connectivity index (χ0n) is 10.9. The van der Waals surface area contributed by atoms with E-state index in [1.54, 1.807) is 6.07 Å². The predicted octanol–water partition coefficient (Wildman–Crippen LogP) is 5.35. The number of benzene rings is 1. The Bertz CT molecular complexity index is 468. The van der Waals surface area contributed by atoms with Crippen molar-refractivity contribution in [2.45, 2.75) is 45.3 Å². The van der Waals surface area contributed by atoms with E-state index in [1.807, 2.05) is 0 Å². The van der Waals surface area contributed by atoms with E-state index >= 15 is 0 Å². The molecule has 1 unspecified atom stereocenters. The summed E-state index contributed by atoms with van der Waals surface area (Å²) in [6.45, 7) is 4.26. The van der Waals surface area contributed by atoms with E-state index in [1.165, 1.54) is 0 Å². The number of anilines is 1. The van der Waals surface area contributed by atoms with Crippen LogP contribution in [0.2, 0.25) is 5.02 Å². The molecular weight excluding hydrogens is 275 g/mol. The molecule has 0 amide bonds. The second-order valence-electron chi connectivity index (χ2n) is 5.80. The maximum Gasteiger partial charge on any atom is 0.416 e. The summed E-state index contributed by atoms with van der Waals surface area (Å²) in [6.07, 6.45) is -1.22. The first-order chi connectivity index (χ1) is 8.68. The van der Waals surface area contributed by atoms with Crippen molar-refractivity contribution in [2.24, 2.45) is 5.41 Å². The van der Waals surface area contributed by atoms with E-state index < -0.39 is 11.7 Å². The van der Waals surface area contributed by atoms with Gasteiger partial charge < -0.3 is 5.32 Å². The monoisotopic (exact) mass is 291 g/mol. The lowest BCUT2D eigenvalue weighted by Gasteiger charge is -2.29. The first kappa shape index (κ1) is 14.5. The standard InChI is InChI=1S/C14H17ClF3N/c1-13(2)5-3-4-12(13)19-11-7-9(14(16,17)18)6-10(15)8-11/h6-8,12,19H,3-5H2,1-2H3. The van der Waals surface area contributed by atoms with Gasteiger partial charge in [-0.1, -0.05) is 31.9 Å². The summed E-state index contributed by atoms with van der Waals surface area (Å²) in [5.41, 5.74) is -0.168. The zero-order valence-corrected chi connectivity index (χ0v) is 11.7. The number of nitrogens with one attached hydrogen (secondary N) is 1. The third kappa shape index (κ3) is 3.35. The van der Waals surface area contributed by atoms with Gasteiger partial charge in [0, 0.05) is 16.8 Å². The highest BCUT2D eigenvalue weighted by molar-refractivity contribution is 6.30. The van der Waals surface area contributed by atoms with Crippen molar-refractivity contribution in [1.29, 1.82) is 0 Å². The van der Waals surface area contributed by atoms with Crippen LogP contribution in [0.5, 0.6) is 0 Å². The van der Waals surface area contributed by atoms with Crippen LogP contribution < -0.4 is 5.32 Å². The van der Waals surface area contributed by atoms with Crippen molar-refractivity contribution < 1.29 is 13.2 Å². The molecular formula is C14H17ClF3N. The number of rotatable bonds is 2. The first-order valence-electron chi connectivity index (χ1n) is 6.33. The van der Waals surface area contributed by atoms with Crippen LogP contribution in [0.1, 0.15) is 38.7 Å². The van der Waals surface area contributed by atoms with Gasteiger partial charge in [-0.3, -0.25) is 0 Å². The highest BCUT2D eigenvalue weighted by atomic mass is 35.5. The Kier molecular flexibility index (Phi) is 3.74. The van der Waals surface area contributed by atoms with Crippen LogP contribution in [-0.2, 0) is 6.18 Å². The maximum atomic E-state index is 12.7. The molecule has 106 valence electrons. The maximum absolute atomic E-state index is 12.7. The molecule has 5 heteroatoms. The lowest BCUT2D eigenvalue weighted by Crippen LogP contribution is -2.30. The molecule has 0 saturated heterocycles. The number of alkyl halides is 3. The topological polar surface area (TPSA) is 12.0 Å². The van der Waals surface area contributed by atoms with E-state index in [0.29, 0.717) is 5.69 Å². The van der Waals surface area contributed by atoms with Gasteiger partial charge in [-0.2, -0.15) is 13.2 Å². The van der Waals surface area contributed by atoms with Gasteiger partial charge in [-0.25, -0.2) is 0 Å². The van der Waals surface area contributed by atoms with Crippen LogP contribution in [0.4, 0.5) is 18.9 Å². The molecule has 0 bridgehead atoms. The molecule has 0 spiro atoms. The third-order valence-corrected chi connectivity index (χ3v) is 4.04. The molecule has 1 fully saturated rings. The normalized spacial score (nSPS) is 22.5. The molecule has 0 radical (unpaired) electrons. The molecule has 1 nitrogen and oxygen atoms in total. The van der Waals surface area contributed by atoms with Crippen LogP contribution >= 0.6 is 11.6 Å². The predicted molar refractivity (Wildman–Crippen MR) is 71.5 cm³/mol. The summed E-state index contributed by atoms with van der Waals surface area (Å²) in [7, 11) is 0. The van der Waals surface area contributed by atoms with Crippen molar-refractivity contribution >= 4 is 17.3 Å². The molecule has 1 aromatic carbocycles. The van der Waals surface area contributed by atoms with Crippen LogP contribution in [0.25, 0.3) is 0 Å². The van der Waals surface area contributed by atoms with Gasteiger partial charge in [-0.05, 0) is 36.5 Å². The molecule has 19 heavy (non-hydrogen) atoms. The third-order valence-electron chi connectivity index (χ3n) is 3.82. The lowest BCUT2D eigenvalue weighted by atomic mass is 9.87. The van der Waals surface area contributed by atoms with E-state index in [9.17, 15) is 13.2 Å². The molecule has 2 rings (SSSR count). The Morgan fingerprint density at radius 3 is 2.47 bits per heavy atom. The molecule has 1 N–H and O–H groups in total. The van der Waals surface area contributed by atoms with Crippen LogP contribution in [0.15, 0.2) is 18.2 Å². The second-order valence-corrected chi connectivity index (χ2v) is 6.24. The summed E-state index contributed by atoms with van der Waals surface area (Å²) in [6, 6.07) is 3.81. The van der Waals surface area contributed by atoms with Gasteiger partial charge in [0.1, 0.15) is 0 Å². The quantitative estimate of drug-likeness (QED) is 0.774. The fourth-order valence-electron chi connectivity index (χ4n) is 2.63. The minimum Gasteiger partial charge on any atom is -0.382 e. The van der Waals surface area contributed by atoms with E-state index in [0.717, 1.165) is 31.4 Å². The fraction of sp³-hybridized carbons (Fsp3) is 0.571. The Labute approximate surface area is 116 Å². The van der Waals surface area contributed by atoms with Gasteiger partial charge >= 0.3 is 6.18 Å². The summed E-state index contributed by atoms with van der Waals surface area (Å²) < 4.78 is 38.2. The smallest absolute Gasteiger partial charge is 0.382 e. The Morgan fingerprint density at radius 2 is 1.95 bits per heavy atom. The van der Waals surface area contributed by atoms with Gasteiger partial charge in [0.15, 0.2) is 0 Å². The average Bonchev–Trinajstić information content (AvgIpc) is 2.56. The van der Waals surface area contributed by atoms with Gasteiger partial charge in [0.05, 0.1) is 5.56 Å². The molecule has 1 atom stereocenters. The van der Waals surface area contributed by atoms with Crippen molar-refractivity contribution in [1.82, 2.24) is 0 Å². The lowest BCUT2D eigenvalue weighted by molar-refractivity contribution is -0.137. The number of hydrogen-bond donors (Lipinski definition) is 1. The molecule has 0 aromatic heterocycles. The van der Waals surface area contributed by atoms with Gasteiger partial charge in [-0.15, -0.1) is 0 Å². The summed E-state index contributed by atoms with van der Waals surface area (Å²) in [5.74, 6) is 0. The molecule has 1 aliphatic carbocycles. The minimum absolute atomic E-state index is 0.0979. The molecule has 0 heterocycles. The highest BCUT2D eigenvalue weighted by Gasteiger charge is 2.35. The van der Waals surface area contributed by atoms with E-state index in [4.69, 9.17) is 11.6 Å². The van der Waals surface area contributed by atoms with Crippen LogP contribution in [-0.4, -0.2) is 6.04 Å². The highest BCUT2D eigenvalue weighted by Crippen LogP contribution is 2.40. The number of hydrogen-bond acceptors (Lipinski definition) is 1. The Balaban J connectivity index is 2.24. The summed E-state index contributed by atoms with van der Waals surface area (Å²) in [4.78, 5) is 0. The Hall–Kier alpha value is -0.900. The summed E-state index contributed by atoms with van der Waals surface area (Å²) >= 11 is 5.77. The van der Waals surface area contributed by atoms with Crippen molar-refractivity contribution in [2.75, 3.05) is 5.32 Å². The SMILES string of the molecule is CC1(C)CCCC1Nc1cc(Cl)cc(C(F)(F)F)c1. The molecule has 1 saturated carbocycles. The minimum atomic E-state index is -4.37. The van der Waals surface area contributed by atoms with Crippen LogP contribution in [0, 0.1) is 5.41 Å². The molecule has 1 aliphatic rings. The largest absolute Gasteiger partial charge is 0.416 e. The zero-order chi connectivity index (χ0) is 14.3. The Morgan fingerprint density at radius 1 is 1.26 bits per heavy atom. The van der Waals surface area contributed by atoms with E-state index in [2.05, 4.69) is 19.2 Å². The molecule has 0 aliphatic heterocycles. The van der Waals surface area contributed by atoms with Crippen molar-refractivity contribution in [3.05, 3.63) is 28.8 Å². The second kappa shape index (κ2) is 4.89. The number of halogens is 4. The average molecular weight is 292 g/mol.